The number of anilines is 2. The van der Waals surface area contributed by atoms with E-state index in [0.717, 1.165) is 22.8 Å². The van der Waals surface area contributed by atoms with Crippen molar-refractivity contribution in [2.24, 2.45) is 0 Å². The number of fused-ring (bicyclic) bond motifs is 1. The summed E-state index contributed by atoms with van der Waals surface area (Å²) in [5.74, 6) is -0.779. The van der Waals surface area contributed by atoms with E-state index in [1.54, 1.807) is 12.3 Å². The molecule has 27 heavy (non-hydrogen) atoms. The smallest absolute Gasteiger partial charge is 0.310 e. The van der Waals surface area contributed by atoms with Gasteiger partial charge < -0.3 is 14.9 Å². The van der Waals surface area contributed by atoms with E-state index in [0.29, 0.717) is 5.57 Å². The number of hydrogen-bond donors (Lipinski definition) is 2. The lowest BCUT2D eigenvalue weighted by molar-refractivity contribution is 0.393. The summed E-state index contributed by atoms with van der Waals surface area (Å²) in [4.78, 5) is 18.7. The highest BCUT2D eigenvalue weighted by Crippen LogP contribution is 2.27. The van der Waals surface area contributed by atoms with Gasteiger partial charge in [-0.15, -0.1) is 0 Å². The van der Waals surface area contributed by atoms with E-state index in [9.17, 15) is 13.6 Å². The van der Waals surface area contributed by atoms with Gasteiger partial charge in [0, 0.05) is 29.7 Å². The molecule has 138 valence electrons. The third-order valence-electron chi connectivity index (χ3n) is 4.36. The Balaban J connectivity index is 1.71. The molecule has 0 saturated carbocycles. The van der Waals surface area contributed by atoms with Crippen LogP contribution in [0.5, 0.6) is 0 Å². The van der Waals surface area contributed by atoms with E-state index in [1.807, 2.05) is 24.3 Å². The molecule has 0 radical (unpaired) electrons. The molecule has 3 aromatic rings. The molecular weight excluding hydrogens is 374 g/mol. The van der Waals surface area contributed by atoms with Gasteiger partial charge in [0.2, 0.25) is 11.8 Å². The molecule has 1 unspecified atom stereocenters. The molecule has 5 nitrogen and oxygen atoms in total. The first-order chi connectivity index (χ1) is 13.0. The second kappa shape index (κ2) is 7.00. The standard InChI is InChI=1S/C19H15ClF2N4O/c20-13-8-11(4-5-14(13)21)9-26-10-15(22)18(27)25-19(26)24-17-3-1-2-16-12(17)6-7-23-16/h1-4,6-8,10,14,23H,5,9H2,(H,24,25,27). The maximum absolute atomic E-state index is 13.8. The Bertz CT molecular complexity index is 1130. The Labute approximate surface area is 158 Å². The monoisotopic (exact) mass is 388 g/mol. The van der Waals surface area contributed by atoms with Crippen LogP contribution in [-0.4, -0.2) is 20.7 Å². The second-order valence-corrected chi connectivity index (χ2v) is 6.66. The summed E-state index contributed by atoms with van der Waals surface area (Å²) in [5, 5.41) is 4.10. The van der Waals surface area contributed by atoms with Crippen molar-refractivity contribution >= 4 is 34.1 Å². The Morgan fingerprint density at radius 3 is 3.04 bits per heavy atom. The molecule has 0 aliphatic heterocycles. The maximum atomic E-state index is 13.8. The minimum absolute atomic E-state index is 0.105. The highest BCUT2D eigenvalue weighted by atomic mass is 35.5. The van der Waals surface area contributed by atoms with E-state index in [-0.39, 0.29) is 23.9 Å². The normalized spacial score (nSPS) is 16.9. The van der Waals surface area contributed by atoms with Gasteiger partial charge in [0.05, 0.1) is 17.3 Å². The summed E-state index contributed by atoms with van der Waals surface area (Å²) in [7, 11) is 0. The van der Waals surface area contributed by atoms with Crippen molar-refractivity contribution in [3.05, 3.63) is 75.6 Å². The van der Waals surface area contributed by atoms with Crippen LogP contribution in [-0.2, 0) is 6.54 Å². The quantitative estimate of drug-likeness (QED) is 0.696. The molecule has 8 heteroatoms. The molecule has 0 fully saturated rings. The molecule has 1 aliphatic rings. The van der Waals surface area contributed by atoms with Crippen molar-refractivity contribution < 1.29 is 8.78 Å². The molecule has 2 heterocycles. The first-order valence-corrected chi connectivity index (χ1v) is 8.69. The average Bonchev–Trinajstić information content (AvgIpc) is 3.12. The van der Waals surface area contributed by atoms with Gasteiger partial charge >= 0.3 is 5.56 Å². The third-order valence-corrected chi connectivity index (χ3v) is 4.70. The van der Waals surface area contributed by atoms with Gasteiger partial charge in [0.15, 0.2) is 0 Å². The minimum Gasteiger partial charge on any atom is -0.361 e. The van der Waals surface area contributed by atoms with E-state index in [4.69, 9.17) is 11.6 Å². The van der Waals surface area contributed by atoms with E-state index in [2.05, 4.69) is 15.3 Å². The first-order valence-electron chi connectivity index (χ1n) is 8.31. The Morgan fingerprint density at radius 2 is 2.22 bits per heavy atom. The van der Waals surface area contributed by atoms with Gasteiger partial charge in [-0.3, -0.25) is 4.79 Å². The summed E-state index contributed by atoms with van der Waals surface area (Å²) in [5.41, 5.74) is 1.39. The van der Waals surface area contributed by atoms with Crippen molar-refractivity contribution in [2.45, 2.75) is 19.1 Å². The van der Waals surface area contributed by atoms with Gasteiger partial charge in [-0.25, -0.2) is 4.39 Å². The number of rotatable bonds is 4. The van der Waals surface area contributed by atoms with Crippen molar-refractivity contribution in [1.29, 1.82) is 0 Å². The molecule has 0 bridgehead atoms. The molecule has 0 amide bonds. The first kappa shape index (κ1) is 17.5. The maximum Gasteiger partial charge on any atom is 0.310 e. The van der Waals surface area contributed by atoms with Crippen LogP contribution < -0.4 is 10.9 Å². The number of H-pyrrole nitrogens is 1. The van der Waals surface area contributed by atoms with Crippen molar-refractivity contribution in [3.63, 3.8) is 0 Å². The van der Waals surface area contributed by atoms with Crippen molar-refractivity contribution in [3.8, 4) is 0 Å². The fourth-order valence-electron chi connectivity index (χ4n) is 3.00. The zero-order chi connectivity index (χ0) is 19.0. The number of alkyl halides is 1. The molecule has 2 N–H and O–H groups in total. The Kier molecular flexibility index (Phi) is 4.53. The fourth-order valence-corrected chi connectivity index (χ4v) is 3.23. The number of benzene rings is 1. The van der Waals surface area contributed by atoms with Gasteiger partial charge in [0.1, 0.15) is 6.17 Å². The lowest BCUT2D eigenvalue weighted by atomic mass is 10.1. The highest BCUT2D eigenvalue weighted by Gasteiger charge is 2.17. The van der Waals surface area contributed by atoms with Gasteiger partial charge in [-0.2, -0.15) is 9.37 Å². The van der Waals surface area contributed by atoms with Crippen LogP contribution >= 0.6 is 11.6 Å². The Morgan fingerprint density at radius 1 is 1.37 bits per heavy atom. The molecule has 4 rings (SSSR count). The zero-order valence-corrected chi connectivity index (χ0v) is 14.8. The summed E-state index contributed by atoms with van der Waals surface area (Å²) in [6, 6.07) is 7.48. The van der Waals surface area contributed by atoms with Crippen molar-refractivity contribution in [2.75, 3.05) is 5.32 Å². The topological polar surface area (TPSA) is 62.7 Å². The molecule has 0 saturated heterocycles. The molecule has 2 aromatic heterocycles. The minimum atomic E-state index is -1.22. The number of aromatic amines is 1. The van der Waals surface area contributed by atoms with Crippen LogP contribution in [0.1, 0.15) is 6.42 Å². The van der Waals surface area contributed by atoms with E-state index >= 15 is 0 Å². The zero-order valence-electron chi connectivity index (χ0n) is 14.0. The number of nitrogens with zero attached hydrogens (tertiary/aromatic N) is 2. The van der Waals surface area contributed by atoms with Gasteiger partial charge in [-0.1, -0.05) is 23.7 Å². The predicted octanol–water partition coefficient (Wildman–Crippen LogP) is 4.40. The summed E-state index contributed by atoms with van der Waals surface area (Å²) < 4.78 is 28.8. The number of hydrogen-bond acceptors (Lipinski definition) is 3. The van der Waals surface area contributed by atoms with E-state index < -0.39 is 17.5 Å². The lowest BCUT2D eigenvalue weighted by Gasteiger charge is -2.18. The molecular formula is C19H15ClF2N4O. The summed E-state index contributed by atoms with van der Waals surface area (Å²) in [6.45, 7) is 0.193. The molecule has 1 aliphatic carbocycles. The van der Waals surface area contributed by atoms with E-state index in [1.165, 1.54) is 10.6 Å². The fraction of sp³-hybridized carbons (Fsp3) is 0.158. The Hall–Kier alpha value is -2.93. The molecule has 1 atom stereocenters. The SMILES string of the molecule is O=c1nc(Nc2cccc3[nH]ccc23)n(CC2=CCC(F)C(Cl)=C2)cc1F. The lowest BCUT2D eigenvalue weighted by Crippen LogP contribution is -2.20. The number of halogens is 3. The van der Waals surface area contributed by atoms with Gasteiger partial charge in [-0.05, 0) is 29.8 Å². The highest BCUT2D eigenvalue weighted by molar-refractivity contribution is 6.30. The largest absolute Gasteiger partial charge is 0.361 e. The van der Waals surface area contributed by atoms with Gasteiger partial charge in [0.25, 0.3) is 0 Å². The van der Waals surface area contributed by atoms with Crippen LogP contribution in [0.2, 0.25) is 0 Å². The van der Waals surface area contributed by atoms with Crippen LogP contribution in [0.15, 0.2) is 64.2 Å². The summed E-state index contributed by atoms with van der Waals surface area (Å²) >= 11 is 5.88. The summed E-state index contributed by atoms with van der Waals surface area (Å²) in [6.07, 6.45) is 5.04. The molecule has 0 spiro atoms. The molecule has 1 aromatic carbocycles. The number of nitrogens with one attached hydrogen (secondary N) is 2. The predicted molar refractivity (Wildman–Crippen MR) is 102 cm³/mol. The number of aromatic nitrogens is 3. The van der Waals surface area contributed by atoms with Crippen LogP contribution in [0.25, 0.3) is 10.9 Å². The third kappa shape index (κ3) is 3.50. The van der Waals surface area contributed by atoms with Crippen LogP contribution in [0.4, 0.5) is 20.4 Å². The van der Waals surface area contributed by atoms with Crippen molar-refractivity contribution in [1.82, 2.24) is 14.5 Å². The second-order valence-electron chi connectivity index (χ2n) is 6.23. The van der Waals surface area contributed by atoms with Crippen LogP contribution in [0.3, 0.4) is 0 Å². The van der Waals surface area contributed by atoms with Crippen LogP contribution in [0, 0.1) is 5.82 Å². The number of allylic oxidation sites excluding steroid dienone is 4. The average molecular weight is 389 g/mol.